The zero-order valence-corrected chi connectivity index (χ0v) is 10.9. The molecule has 142 valence electrons. The van der Waals surface area contributed by atoms with E-state index in [0.717, 1.165) is 0 Å². The van der Waals surface area contributed by atoms with E-state index in [1.807, 2.05) is 0 Å². The molecule has 0 saturated carbocycles. The van der Waals surface area contributed by atoms with E-state index in [9.17, 15) is 57.5 Å². The molecule has 0 bridgehead atoms. The standard InChI is InChI=1S/C10H6F12O2/c11-3-4(5(23)24)1-2-6(12,13)8(15,16)7(14,9(17,18)19)10(20,21)22/h3H,1-2H2,(H,23,24). The van der Waals surface area contributed by atoms with E-state index in [0.29, 0.717) is 0 Å². The van der Waals surface area contributed by atoms with E-state index in [4.69, 9.17) is 5.11 Å². The van der Waals surface area contributed by atoms with Crippen molar-refractivity contribution in [1.29, 1.82) is 0 Å². The van der Waals surface area contributed by atoms with E-state index < -0.39 is 60.6 Å². The molecule has 14 heteroatoms. The van der Waals surface area contributed by atoms with Crippen LogP contribution in [0, 0.1) is 0 Å². The number of hydrogen-bond donors (Lipinski definition) is 1. The number of alkyl halides is 11. The Morgan fingerprint density at radius 2 is 1.21 bits per heavy atom. The van der Waals surface area contributed by atoms with Crippen LogP contribution < -0.4 is 0 Å². The van der Waals surface area contributed by atoms with Gasteiger partial charge in [0.15, 0.2) is 0 Å². The number of carbonyl (C=O) groups is 1. The molecule has 0 aromatic carbocycles. The van der Waals surface area contributed by atoms with Gasteiger partial charge < -0.3 is 5.11 Å². The van der Waals surface area contributed by atoms with Gasteiger partial charge in [-0.15, -0.1) is 0 Å². The van der Waals surface area contributed by atoms with E-state index in [1.54, 1.807) is 0 Å². The van der Waals surface area contributed by atoms with Crippen LogP contribution in [-0.4, -0.2) is 40.9 Å². The third-order valence-corrected chi connectivity index (χ3v) is 2.79. The summed E-state index contributed by atoms with van der Waals surface area (Å²) in [5, 5.41) is 8.22. The second kappa shape index (κ2) is 6.35. The molecule has 24 heavy (non-hydrogen) atoms. The summed E-state index contributed by atoms with van der Waals surface area (Å²) in [5.41, 5.74) is -9.26. The smallest absolute Gasteiger partial charge is 0.438 e. The Bertz CT molecular complexity index is 487. The second-order valence-electron chi connectivity index (χ2n) is 4.37. The molecule has 0 amide bonds. The Morgan fingerprint density at radius 3 is 1.46 bits per heavy atom. The first-order chi connectivity index (χ1) is 10.4. The molecule has 0 fully saturated rings. The maximum Gasteiger partial charge on any atom is 0.438 e. The monoisotopic (exact) mass is 386 g/mol. The molecular formula is C10H6F12O2. The molecule has 2 nitrogen and oxygen atoms in total. The predicted molar refractivity (Wildman–Crippen MR) is 51.9 cm³/mol. The summed E-state index contributed by atoms with van der Waals surface area (Å²) >= 11 is 0. The molecule has 0 aliphatic carbocycles. The first-order valence-corrected chi connectivity index (χ1v) is 5.47. The number of halogens is 12. The lowest BCUT2D eigenvalue weighted by Gasteiger charge is -2.39. The van der Waals surface area contributed by atoms with Gasteiger partial charge in [-0.2, -0.15) is 43.9 Å². The van der Waals surface area contributed by atoms with Crippen LogP contribution in [0.3, 0.4) is 0 Å². The van der Waals surface area contributed by atoms with Crippen LogP contribution in [0.5, 0.6) is 0 Å². The minimum atomic E-state index is -7.61. The van der Waals surface area contributed by atoms with Gasteiger partial charge in [0, 0.05) is 6.42 Å². The maximum absolute atomic E-state index is 13.2. The van der Waals surface area contributed by atoms with Crippen molar-refractivity contribution in [2.24, 2.45) is 0 Å². The van der Waals surface area contributed by atoms with Gasteiger partial charge in [-0.3, -0.25) is 0 Å². The van der Waals surface area contributed by atoms with Gasteiger partial charge in [-0.05, 0) is 6.42 Å². The summed E-state index contributed by atoms with van der Waals surface area (Å²) in [4.78, 5) is 10.2. The van der Waals surface area contributed by atoms with E-state index in [1.165, 1.54) is 0 Å². The molecule has 0 saturated heterocycles. The predicted octanol–water partition coefficient (Wildman–Crippen LogP) is 4.81. The molecule has 0 rings (SSSR count). The molecule has 0 radical (unpaired) electrons. The van der Waals surface area contributed by atoms with Crippen LogP contribution in [0.4, 0.5) is 52.7 Å². The van der Waals surface area contributed by atoms with Gasteiger partial charge in [0.25, 0.3) is 0 Å². The summed E-state index contributed by atoms with van der Waals surface area (Å²) in [7, 11) is 0. The first-order valence-electron chi connectivity index (χ1n) is 5.47. The highest BCUT2D eigenvalue weighted by Crippen LogP contribution is 2.59. The fourth-order valence-corrected chi connectivity index (χ4v) is 1.43. The Hall–Kier alpha value is -1.63. The van der Waals surface area contributed by atoms with E-state index in [2.05, 4.69) is 0 Å². The molecule has 0 heterocycles. The van der Waals surface area contributed by atoms with Crippen LogP contribution in [0.1, 0.15) is 12.8 Å². The quantitative estimate of drug-likeness (QED) is 0.526. The molecule has 0 aromatic heterocycles. The minimum Gasteiger partial charge on any atom is -0.478 e. The maximum atomic E-state index is 13.2. The summed E-state index contributed by atoms with van der Waals surface area (Å²) in [5.74, 6) is -15.9. The number of carboxylic acids is 1. The summed E-state index contributed by atoms with van der Waals surface area (Å²) < 4.78 is 151. The zero-order chi connectivity index (χ0) is 19.8. The number of rotatable bonds is 6. The molecule has 1 N–H and O–H groups in total. The number of carboxylic acid groups (broad SMARTS) is 1. The van der Waals surface area contributed by atoms with E-state index in [-0.39, 0.29) is 0 Å². The largest absolute Gasteiger partial charge is 0.478 e. The number of hydrogen-bond acceptors (Lipinski definition) is 1. The van der Waals surface area contributed by atoms with Crippen LogP contribution in [0.25, 0.3) is 0 Å². The summed E-state index contributed by atoms with van der Waals surface area (Å²) in [6.07, 6.45) is -20.4. The zero-order valence-electron chi connectivity index (χ0n) is 10.9. The Balaban J connectivity index is 5.94. The van der Waals surface area contributed by atoms with Crippen molar-refractivity contribution < 1.29 is 62.6 Å². The fourth-order valence-electron chi connectivity index (χ4n) is 1.43. The minimum absolute atomic E-state index is 0.882. The summed E-state index contributed by atoms with van der Waals surface area (Å²) in [6.45, 7) is 0. The van der Waals surface area contributed by atoms with Crippen molar-refractivity contribution in [1.82, 2.24) is 0 Å². The molecule has 0 spiro atoms. The molecule has 0 aliphatic rings. The van der Waals surface area contributed by atoms with Crippen LogP contribution in [0.15, 0.2) is 11.9 Å². The second-order valence-corrected chi connectivity index (χ2v) is 4.37. The Labute approximate surface area is 124 Å². The SMILES string of the molecule is O=C(O)C(=CF)CCC(F)(F)C(F)(F)C(F)(C(F)(F)F)C(F)(F)F. The highest BCUT2D eigenvalue weighted by atomic mass is 19.4. The lowest BCUT2D eigenvalue weighted by molar-refractivity contribution is -0.426. The average Bonchev–Trinajstić information content (AvgIpc) is 2.34. The van der Waals surface area contributed by atoms with Crippen molar-refractivity contribution >= 4 is 5.97 Å². The Kier molecular flexibility index (Phi) is 5.92. The van der Waals surface area contributed by atoms with Crippen molar-refractivity contribution in [3.63, 3.8) is 0 Å². The van der Waals surface area contributed by atoms with Gasteiger partial charge >= 0.3 is 35.8 Å². The lowest BCUT2D eigenvalue weighted by Crippen LogP contribution is -2.70. The van der Waals surface area contributed by atoms with Gasteiger partial charge in [-0.25, -0.2) is 13.6 Å². The lowest BCUT2D eigenvalue weighted by atomic mass is 9.88. The highest BCUT2D eigenvalue weighted by Gasteiger charge is 2.89. The van der Waals surface area contributed by atoms with Gasteiger partial charge in [0.2, 0.25) is 0 Å². The molecule has 0 aliphatic heterocycles. The molecular weight excluding hydrogens is 380 g/mol. The Morgan fingerprint density at radius 1 is 0.833 bits per heavy atom. The van der Waals surface area contributed by atoms with Crippen molar-refractivity contribution in [2.75, 3.05) is 0 Å². The van der Waals surface area contributed by atoms with Crippen LogP contribution in [0.2, 0.25) is 0 Å². The third kappa shape index (κ3) is 3.55. The topological polar surface area (TPSA) is 37.3 Å². The van der Waals surface area contributed by atoms with Crippen LogP contribution >= 0.6 is 0 Å². The van der Waals surface area contributed by atoms with Gasteiger partial charge in [0.1, 0.15) is 0 Å². The highest BCUT2D eigenvalue weighted by molar-refractivity contribution is 5.86. The first kappa shape index (κ1) is 22.4. The van der Waals surface area contributed by atoms with Crippen LogP contribution in [-0.2, 0) is 4.79 Å². The van der Waals surface area contributed by atoms with Crippen molar-refractivity contribution in [3.8, 4) is 0 Å². The summed E-state index contributed by atoms with van der Waals surface area (Å²) in [6, 6.07) is 0. The van der Waals surface area contributed by atoms with Crippen molar-refractivity contribution in [3.05, 3.63) is 11.9 Å². The average molecular weight is 386 g/mol. The molecule has 0 aromatic rings. The van der Waals surface area contributed by atoms with Gasteiger partial charge in [-0.1, -0.05) is 0 Å². The molecule has 0 unspecified atom stereocenters. The molecule has 0 atom stereocenters. The number of aliphatic carboxylic acids is 1. The van der Waals surface area contributed by atoms with Gasteiger partial charge in [0.05, 0.1) is 11.9 Å². The third-order valence-electron chi connectivity index (χ3n) is 2.79. The van der Waals surface area contributed by atoms with Crippen molar-refractivity contribution in [2.45, 2.75) is 42.7 Å². The van der Waals surface area contributed by atoms with E-state index >= 15 is 0 Å². The normalized spacial score (nSPS) is 15.6. The fraction of sp³-hybridized carbons (Fsp3) is 0.700.